The molecule has 2 aromatic rings. The van der Waals surface area contributed by atoms with Crippen molar-refractivity contribution in [2.75, 3.05) is 31.1 Å². The zero-order valence-electron chi connectivity index (χ0n) is 17.1. The number of nitrogens with zero attached hydrogens (tertiary/aromatic N) is 2. The lowest BCUT2D eigenvalue weighted by Crippen LogP contribution is -2.39. The van der Waals surface area contributed by atoms with Gasteiger partial charge in [0.2, 0.25) is 5.91 Å². The first-order chi connectivity index (χ1) is 14.3. The number of nitrogens with one attached hydrogen (secondary N) is 2. The maximum absolute atomic E-state index is 12.6. The maximum atomic E-state index is 12.6. The highest BCUT2D eigenvalue weighted by Crippen LogP contribution is 2.29. The topological polar surface area (TPSA) is 57.3 Å². The van der Waals surface area contributed by atoms with Gasteiger partial charge in [-0.3, -0.25) is 9.78 Å². The number of benzene rings is 1. The largest absolute Gasteiger partial charge is 0.369 e. The van der Waals surface area contributed by atoms with Gasteiger partial charge >= 0.3 is 0 Å². The van der Waals surface area contributed by atoms with E-state index in [0.29, 0.717) is 5.92 Å². The lowest BCUT2D eigenvalue weighted by Gasteiger charge is -2.28. The molecule has 1 fully saturated rings. The summed E-state index contributed by atoms with van der Waals surface area (Å²) in [5.41, 5.74) is 3.84. The Bertz CT molecular complexity index is 786. The zero-order chi connectivity index (χ0) is 19.9. The van der Waals surface area contributed by atoms with Gasteiger partial charge in [-0.1, -0.05) is 24.3 Å². The summed E-state index contributed by atoms with van der Waals surface area (Å²) in [6.45, 7) is 4.53. The van der Waals surface area contributed by atoms with Gasteiger partial charge in [0, 0.05) is 44.0 Å². The molecule has 0 atom stereocenters. The number of fused-ring (bicyclic) bond motifs is 1. The van der Waals surface area contributed by atoms with Crippen LogP contribution in [-0.2, 0) is 17.8 Å². The number of para-hydroxylation sites is 1. The molecule has 2 aliphatic rings. The molecule has 154 valence electrons. The molecule has 1 aromatic carbocycles. The van der Waals surface area contributed by atoms with Crippen LogP contribution in [0.4, 0.5) is 5.69 Å². The van der Waals surface area contributed by atoms with Gasteiger partial charge in [0.15, 0.2) is 0 Å². The lowest BCUT2D eigenvalue weighted by molar-refractivity contribution is -0.126. The third-order valence-corrected chi connectivity index (χ3v) is 6.35. The molecule has 0 unspecified atom stereocenters. The number of hydrogen-bond donors (Lipinski definition) is 2. The summed E-state index contributed by atoms with van der Waals surface area (Å²) < 4.78 is 0. The van der Waals surface area contributed by atoms with Crippen LogP contribution in [-0.4, -0.2) is 37.1 Å². The van der Waals surface area contributed by atoms with Crippen LogP contribution >= 0.6 is 0 Å². The van der Waals surface area contributed by atoms with Crippen molar-refractivity contribution in [3.8, 4) is 0 Å². The first-order valence-corrected chi connectivity index (χ1v) is 11.0. The van der Waals surface area contributed by atoms with Gasteiger partial charge in [0.25, 0.3) is 0 Å². The number of carbonyl (C=O) groups excluding carboxylic acids is 1. The molecule has 1 aromatic heterocycles. The van der Waals surface area contributed by atoms with E-state index in [4.69, 9.17) is 0 Å². The quantitative estimate of drug-likeness (QED) is 0.725. The Hall–Kier alpha value is -2.40. The van der Waals surface area contributed by atoms with E-state index in [0.717, 1.165) is 70.5 Å². The number of pyridine rings is 1. The standard InChI is InChI=1S/C24H32N4O/c29-24(27-14-16-28-15-12-20-5-1-2-7-23(20)28)21-10-8-19(9-11-21)17-25-18-22-6-3-4-13-26-22/h1-7,13,19,21,25H,8-12,14-18H2,(H,27,29). The van der Waals surface area contributed by atoms with E-state index in [-0.39, 0.29) is 11.8 Å². The molecule has 1 saturated carbocycles. The van der Waals surface area contributed by atoms with Crippen molar-refractivity contribution in [1.29, 1.82) is 0 Å². The van der Waals surface area contributed by atoms with Crippen molar-refractivity contribution in [2.45, 2.75) is 38.6 Å². The molecule has 2 heterocycles. The molecule has 0 bridgehead atoms. The average Bonchev–Trinajstić information content (AvgIpc) is 3.18. The molecule has 5 nitrogen and oxygen atoms in total. The molecule has 0 spiro atoms. The minimum Gasteiger partial charge on any atom is -0.369 e. The summed E-state index contributed by atoms with van der Waals surface area (Å²) in [6, 6.07) is 14.6. The number of rotatable bonds is 8. The Morgan fingerprint density at radius 1 is 1.07 bits per heavy atom. The Labute approximate surface area is 173 Å². The van der Waals surface area contributed by atoms with Crippen LogP contribution in [0.2, 0.25) is 0 Å². The van der Waals surface area contributed by atoms with Crippen molar-refractivity contribution in [2.24, 2.45) is 11.8 Å². The second-order valence-corrected chi connectivity index (χ2v) is 8.33. The van der Waals surface area contributed by atoms with Crippen LogP contribution in [0.25, 0.3) is 0 Å². The summed E-state index contributed by atoms with van der Waals surface area (Å²) in [6.07, 6.45) is 7.23. The summed E-state index contributed by atoms with van der Waals surface area (Å²) >= 11 is 0. The van der Waals surface area contributed by atoms with Gasteiger partial charge < -0.3 is 15.5 Å². The summed E-state index contributed by atoms with van der Waals surface area (Å²) in [5.74, 6) is 1.11. The summed E-state index contributed by atoms with van der Waals surface area (Å²) in [5, 5.41) is 6.71. The molecular formula is C24H32N4O. The summed E-state index contributed by atoms with van der Waals surface area (Å²) in [4.78, 5) is 19.3. The van der Waals surface area contributed by atoms with Crippen molar-refractivity contribution in [3.05, 3.63) is 59.9 Å². The Morgan fingerprint density at radius 3 is 2.72 bits per heavy atom. The minimum absolute atomic E-state index is 0.188. The SMILES string of the molecule is O=C(NCCN1CCc2ccccc21)C1CCC(CNCc2ccccn2)CC1. The van der Waals surface area contributed by atoms with E-state index in [2.05, 4.69) is 50.8 Å². The monoisotopic (exact) mass is 392 g/mol. The molecule has 1 aliphatic heterocycles. The van der Waals surface area contributed by atoms with E-state index < -0.39 is 0 Å². The molecule has 0 radical (unpaired) electrons. The van der Waals surface area contributed by atoms with E-state index in [9.17, 15) is 4.79 Å². The van der Waals surface area contributed by atoms with Crippen molar-refractivity contribution < 1.29 is 4.79 Å². The fourth-order valence-electron chi connectivity index (χ4n) is 4.63. The normalized spacial score (nSPS) is 21.0. The maximum Gasteiger partial charge on any atom is 0.223 e. The van der Waals surface area contributed by atoms with Crippen LogP contribution in [0.15, 0.2) is 48.7 Å². The Morgan fingerprint density at radius 2 is 1.90 bits per heavy atom. The fourth-order valence-corrected chi connectivity index (χ4v) is 4.63. The van der Waals surface area contributed by atoms with Gasteiger partial charge in [-0.15, -0.1) is 0 Å². The highest BCUT2D eigenvalue weighted by atomic mass is 16.1. The molecule has 29 heavy (non-hydrogen) atoms. The predicted molar refractivity (Wildman–Crippen MR) is 117 cm³/mol. The third kappa shape index (κ3) is 5.36. The second kappa shape index (κ2) is 9.88. The molecular weight excluding hydrogens is 360 g/mol. The minimum atomic E-state index is 0.188. The number of amides is 1. The smallest absolute Gasteiger partial charge is 0.223 e. The average molecular weight is 393 g/mol. The van der Waals surface area contributed by atoms with Crippen LogP contribution in [0, 0.1) is 11.8 Å². The number of anilines is 1. The highest BCUT2D eigenvalue weighted by Gasteiger charge is 2.26. The van der Waals surface area contributed by atoms with Crippen molar-refractivity contribution in [1.82, 2.24) is 15.6 Å². The molecule has 1 aliphatic carbocycles. The van der Waals surface area contributed by atoms with Gasteiger partial charge in [-0.25, -0.2) is 0 Å². The summed E-state index contributed by atoms with van der Waals surface area (Å²) in [7, 11) is 0. The molecule has 4 rings (SSSR count). The van der Waals surface area contributed by atoms with Gasteiger partial charge in [-0.05, 0) is 68.3 Å². The lowest BCUT2D eigenvalue weighted by atomic mass is 9.81. The van der Waals surface area contributed by atoms with E-state index >= 15 is 0 Å². The highest BCUT2D eigenvalue weighted by molar-refractivity contribution is 5.78. The van der Waals surface area contributed by atoms with Gasteiger partial charge in [0.1, 0.15) is 0 Å². The van der Waals surface area contributed by atoms with Gasteiger partial charge in [0.05, 0.1) is 5.69 Å². The zero-order valence-corrected chi connectivity index (χ0v) is 17.1. The first kappa shape index (κ1) is 19.9. The van der Waals surface area contributed by atoms with E-state index in [1.807, 2.05) is 18.3 Å². The second-order valence-electron chi connectivity index (χ2n) is 8.33. The van der Waals surface area contributed by atoms with Crippen LogP contribution < -0.4 is 15.5 Å². The van der Waals surface area contributed by atoms with Gasteiger partial charge in [-0.2, -0.15) is 0 Å². The fraction of sp³-hybridized carbons (Fsp3) is 0.500. The molecule has 5 heteroatoms. The molecule has 2 N–H and O–H groups in total. The van der Waals surface area contributed by atoms with Crippen LogP contribution in [0.1, 0.15) is 36.9 Å². The number of carbonyl (C=O) groups is 1. The number of aromatic nitrogens is 1. The Kier molecular flexibility index (Phi) is 6.78. The van der Waals surface area contributed by atoms with Crippen molar-refractivity contribution >= 4 is 11.6 Å². The third-order valence-electron chi connectivity index (χ3n) is 6.35. The number of hydrogen-bond acceptors (Lipinski definition) is 4. The molecule has 1 amide bonds. The van der Waals surface area contributed by atoms with Crippen LogP contribution in [0.3, 0.4) is 0 Å². The molecule has 0 saturated heterocycles. The van der Waals surface area contributed by atoms with E-state index in [1.165, 1.54) is 11.3 Å². The van der Waals surface area contributed by atoms with Crippen LogP contribution in [0.5, 0.6) is 0 Å². The van der Waals surface area contributed by atoms with Crippen molar-refractivity contribution in [3.63, 3.8) is 0 Å². The van der Waals surface area contributed by atoms with E-state index in [1.54, 1.807) is 0 Å². The Balaban J connectivity index is 1.12. The predicted octanol–water partition coefficient (Wildman–Crippen LogP) is 3.16. The first-order valence-electron chi connectivity index (χ1n) is 11.0.